The summed E-state index contributed by atoms with van der Waals surface area (Å²) in [5.41, 5.74) is 5.15. The maximum absolute atomic E-state index is 12.3. The minimum atomic E-state index is -0.00985. The lowest BCUT2D eigenvalue weighted by Crippen LogP contribution is -2.26. The van der Waals surface area contributed by atoms with E-state index in [9.17, 15) is 4.79 Å². The van der Waals surface area contributed by atoms with Gasteiger partial charge in [-0.1, -0.05) is 24.3 Å². The van der Waals surface area contributed by atoms with Crippen LogP contribution in [0.1, 0.15) is 27.0 Å². The number of carbonyl (C=O) groups excluding carboxylic acids is 1. The molecule has 24 heavy (non-hydrogen) atoms. The summed E-state index contributed by atoms with van der Waals surface area (Å²) in [5.74, 6) is -0.00985. The number of hydrogen-bond donors (Lipinski definition) is 1. The van der Waals surface area contributed by atoms with Gasteiger partial charge in [0.2, 0.25) is 0 Å². The summed E-state index contributed by atoms with van der Waals surface area (Å²) in [4.78, 5) is 12.3. The number of benzene rings is 2. The number of carbonyl (C=O) groups is 1. The van der Waals surface area contributed by atoms with Crippen molar-refractivity contribution in [3.05, 3.63) is 83.2 Å². The standard InChI is InChI=1S/C20H21N3O/c1-15-5-3-6-19(16(15)2)20(24)21-13-11-17-7-9-18(10-8-17)23-14-4-12-22-23/h3-10,12,14H,11,13H2,1-2H3,(H,21,24). The summed E-state index contributed by atoms with van der Waals surface area (Å²) in [6.07, 6.45) is 4.48. The van der Waals surface area contributed by atoms with Crippen LogP contribution in [0.25, 0.3) is 5.69 Å². The molecule has 0 spiro atoms. The van der Waals surface area contributed by atoms with Crippen molar-refractivity contribution in [3.63, 3.8) is 0 Å². The van der Waals surface area contributed by atoms with Gasteiger partial charge in [-0.15, -0.1) is 0 Å². The molecule has 0 aliphatic heterocycles. The lowest BCUT2D eigenvalue weighted by Gasteiger charge is -2.10. The summed E-state index contributed by atoms with van der Waals surface area (Å²) in [5, 5.41) is 7.21. The molecule has 122 valence electrons. The number of nitrogens with zero attached hydrogens (tertiary/aromatic N) is 2. The van der Waals surface area contributed by atoms with Gasteiger partial charge in [0.25, 0.3) is 5.91 Å². The van der Waals surface area contributed by atoms with E-state index in [-0.39, 0.29) is 5.91 Å². The Morgan fingerprint density at radius 1 is 1.08 bits per heavy atom. The maximum Gasteiger partial charge on any atom is 0.251 e. The molecule has 0 atom stereocenters. The summed E-state index contributed by atoms with van der Waals surface area (Å²) in [7, 11) is 0. The normalized spacial score (nSPS) is 10.6. The van der Waals surface area contributed by atoms with E-state index < -0.39 is 0 Å². The number of nitrogens with one attached hydrogen (secondary N) is 1. The average Bonchev–Trinajstić information content (AvgIpc) is 3.12. The molecule has 0 saturated carbocycles. The van der Waals surface area contributed by atoms with Crippen molar-refractivity contribution in [2.75, 3.05) is 6.54 Å². The Balaban J connectivity index is 1.56. The van der Waals surface area contributed by atoms with Crippen LogP contribution in [-0.2, 0) is 6.42 Å². The van der Waals surface area contributed by atoms with E-state index in [2.05, 4.69) is 22.5 Å². The second-order valence-corrected chi connectivity index (χ2v) is 5.87. The minimum absolute atomic E-state index is 0.00985. The monoisotopic (exact) mass is 319 g/mol. The molecule has 4 nitrogen and oxygen atoms in total. The Labute approximate surface area is 142 Å². The molecule has 0 unspecified atom stereocenters. The third-order valence-electron chi connectivity index (χ3n) is 4.25. The number of aromatic nitrogens is 2. The smallest absolute Gasteiger partial charge is 0.251 e. The van der Waals surface area contributed by atoms with Crippen LogP contribution in [0, 0.1) is 13.8 Å². The fraction of sp³-hybridized carbons (Fsp3) is 0.200. The van der Waals surface area contributed by atoms with Gasteiger partial charge in [-0.05, 0) is 61.2 Å². The highest BCUT2D eigenvalue weighted by atomic mass is 16.1. The molecular formula is C20H21N3O. The number of amides is 1. The minimum Gasteiger partial charge on any atom is -0.352 e. The second kappa shape index (κ2) is 7.13. The molecule has 4 heteroatoms. The molecule has 0 radical (unpaired) electrons. The van der Waals surface area contributed by atoms with Gasteiger partial charge in [-0.2, -0.15) is 5.10 Å². The average molecular weight is 319 g/mol. The van der Waals surface area contributed by atoms with Gasteiger partial charge in [0.1, 0.15) is 0 Å². The summed E-state index contributed by atoms with van der Waals surface area (Å²) < 4.78 is 1.83. The van der Waals surface area contributed by atoms with Crippen LogP contribution in [0.3, 0.4) is 0 Å². The summed E-state index contributed by atoms with van der Waals surface area (Å²) in [6.45, 7) is 4.62. The molecule has 1 heterocycles. The van der Waals surface area contributed by atoms with E-state index in [1.54, 1.807) is 6.20 Å². The number of hydrogen-bond acceptors (Lipinski definition) is 2. The Kier molecular flexibility index (Phi) is 4.75. The van der Waals surface area contributed by atoms with E-state index >= 15 is 0 Å². The summed E-state index contributed by atoms with van der Waals surface area (Å²) in [6, 6.07) is 15.9. The zero-order valence-corrected chi connectivity index (χ0v) is 14.0. The molecule has 3 rings (SSSR count). The maximum atomic E-state index is 12.3. The molecule has 1 aromatic heterocycles. The van der Waals surface area contributed by atoms with Crippen molar-refractivity contribution >= 4 is 5.91 Å². The highest BCUT2D eigenvalue weighted by Crippen LogP contribution is 2.13. The Hall–Kier alpha value is -2.88. The first kappa shape index (κ1) is 16.0. The number of aryl methyl sites for hydroxylation is 1. The van der Waals surface area contributed by atoms with Gasteiger partial charge in [0.15, 0.2) is 0 Å². The van der Waals surface area contributed by atoms with Crippen molar-refractivity contribution < 1.29 is 4.79 Å². The van der Waals surface area contributed by atoms with Gasteiger partial charge in [-0.3, -0.25) is 4.79 Å². The van der Waals surface area contributed by atoms with Crippen molar-refractivity contribution in [1.82, 2.24) is 15.1 Å². The van der Waals surface area contributed by atoms with E-state index in [0.717, 1.165) is 28.8 Å². The van der Waals surface area contributed by atoms with Crippen molar-refractivity contribution in [3.8, 4) is 5.69 Å². The third-order valence-corrected chi connectivity index (χ3v) is 4.25. The van der Waals surface area contributed by atoms with Crippen LogP contribution >= 0.6 is 0 Å². The van der Waals surface area contributed by atoms with Crippen LogP contribution in [0.2, 0.25) is 0 Å². The van der Waals surface area contributed by atoms with Gasteiger partial charge >= 0.3 is 0 Å². The highest BCUT2D eigenvalue weighted by molar-refractivity contribution is 5.95. The summed E-state index contributed by atoms with van der Waals surface area (Å²) >= 11 is 0. The molecule has 2 aromatic carbocycles. The van der Waals surface area contributed by atoms with Gasteiger partial charge < -0.3 is 5.32 Å². The fourth-order valence-corrected chi connectivity index (χ4v) is 2.65. The quantitative estimate of drug-likeness (QED) is 0.783. The fourth-order valence-electron chi connectivity index (χ4n) is 2.65. The van der Waals surface area contributed by atoms with Crippen LogP contribution in [0.15, 0.2) is 60.9 Å². The lowest BCUT2D eigenvalue weighted by molar-refractivity contribution is 0.0953. The molecular weight excluding hydrogens is 298 g/mol. The Morgan fingerprint density at radius 3 is 2.58 bits per heavy atom. The van der Waals surface area contributed by atoms with Crippen molar-refractivity contribution in [1.29, 1.82) is 0 Å². The predicted molar refractivity (Wildman–Crippen MR) is 95.5 cm³/mol. The van der Waals surface area contributed by atoms with Crippen molar-refractivity contribution in [2.45, 2.75) is 20.3 Å². The predicted octanol–water partition coefficient (Wildman–Crippen LogP) is 3.46. The zero-order valence-electron chi connectivity index (χ0n) is 14.0. The zero-order chi connectivity index (χ0) is 16.9. The second-order valence-electron chi connectivity index (χ2n) is 5.87. The Bertz CT molecular complexity index is 821. The third kappa shape index (κ3) is 3.54. The van der Waals surface area contributed by atoms with E-state index in [4.69, 9.17) is 0 Å². The topological polar surface area (TPSA) is 46.9 Å². The van der Waals surface area contributed by atoms with Gasteiger partial charge in [-0.25, -0.2) is 4.68 Å². The molecule has 0 fully saturated rings. The van der Waals surface area contributed by atoms with Gasteiger partial charge in [0, 0.05) is 24.5 Å². The van der Waals surface area contributed by atoms with Crippen LogP contribution in [0.5, 0.6) is 0 Å². The van der Waals surface area contributed by atoms with E-state index in [1.165, 1.54) is 5.56 Å². The van der Waals surface area contributed by atoms with Crippen LogP contribution < -0.4 is 5.32 Å². The molecule has 0 aliphatic rings. The van der Waals surface area contributed by atoms with E-state index in [0.29, 0.717) is 6.54 Å². The Morgan fingerprint density at radius 2 is 1.88 bits per heavy atom. The lowest BCUT2D eigenvalue weighted by atomic mass is 10.0. The van der Waals surface area contributed by atoms with Gasteiger partial charge in [0.05, 0.1) is 5.69 Å². The van der Waals surface area contributed by atoms with E-state index in [1.807, 2.05) is 61.1 Å². The van der Waals surface area contributed by atoms with Crippen molar-refractivity contribution in [2.24, 2.45) is 0 Å². The number of rotatable bonds is 5. The molecule has 3 aromatic rings. The van der Waals surface area contributed by atoms with Crippen LogP contribution in [-0.4, -0.2) is 22.2 Å². The SMILES string of the molecule is Cc1cccc(C(=O)NCCc2ccc(-n3cccn3)cc2)c1C. The first-order valence-electron chi connectivity index (χ1n) is 8.08. The highest BCUT2D eigenvalue weighted by Gasteiger charge is 2.09. The largest absolute Gasteiger partial charge is 0.352 e. The first-order chi connectivity index (χ1) is 11.6. The molecule has 1 N–H and O–H groups in total. The molecule has 0 bridgehead atoms. The molecule has 0 aliphatic carbocycles. The molecule has 1 amide bonds. The van der Waals surface area contributed by atoms with Crippen LogP contribution in [0.4, 0.5) is 0 Å². The molecule has 0 saturated heterocycles. The first-order valence-corrected chi connectivity index (χ1v) is 8.08.